The first-order valence-corrected chi connectivity index (χ1v) is 10.5. The van der Waals surface area contributed by atoms with Gasteiger partial charge in [0.05, 0.1) is 13.2 Å². The number of carboxylic acid groups (broad SMARTS) is 1. The molecule has 0 saturated carbocycles. The number of likely N-dealkylation sites (tertiary alicyclic amines) is 2. The minimum Gasteiger partial charge on any atom is -0.483 e. The van der Waals surface area contributed by atoms with Gasteiger partial charge in [0.15, 0.2) is 0 Å². The highest BCUT2D eigenvalue weighted by Crippen LogP contribution is 2.42. The van der Waals surface area contributed by atoms with Crippen LogP contribution in [0.2, 0.25) is 0 Å². The van der Waals surface area contributed by atoms with Crippen LogP contribution in [0.15, 0.2) is 16.5 Å². The van der Waals surface area contributed by atoms with E-state index in [1.807, 2.05) is 42.5 Å². The smallest absolute Gasteiger partial charge is 0.290 e. The van der Waals surface area contributed by atoms with Gasteiger partial charge in [-0.05, 0) is 31.4 Å². The average Bonchev–Trinajstić information content (AvgIpc) is 3.47. The summed E-state index contributed by atoms with van der Waals surface area (Å²) in [5.41, 5.74) is 1.81. The second-order valence-corrected chi connectivity index (χ2v) is 8.44. The monoisotopic (exact) mass is 433 g/mol. The molecule has 10 heteroatoms. The molecule has 2 aliphatic rings. The Hall–Kier alpha value is -2.72. The van der Waals surface area contributed by atoms with E-state index in [1.54, 1.807) is 0 Å². The van der Waals surface area contributed by atoms with Crippen molar-refractivity contribution in [3.05, 3.63) is 23.7 Å². The SMILES string of the molecule is CCCC(=O)N1C[C@@H]2CN(Cc3nnc(-c4ccc(C)n4C)o3)C[C@]2(CO)C1.O=CO. The Balaban J connectivity index is 0.000000858. The number of carbonyl (C=O) groups is 2. The standard InChI is InChI=1S/C20H29N5O3.CH2O2/c1-4-5-18(27)25-9-15-8-24(11-20(15,12-25)13-26)10-17-21-22-19(28-17)16-7-6-14(2)23(16)3;2-1-3/h6-7,15,26H,4-5,8-13H2,1-3H3;1H,(H,2,3)/t15-,20+;/m0./s1. The van der Waals surface area contributed by atoms with Crippen molar-refractivity contribution < 1.29 is 24.2 Å². The van der Waals surface area contributed by atoms with E-state index >= 15 is 0 Å². The Kier molecular flexibility index (Phi) is 7.11. The zero-order chi connectivity index (χ0) is 22.6. The highest BCUT2D eigenvalue weighted by atomic mass is 16.4. The molecular formula is C21H31N5O5. The van der Waals surface area contributed by atoms with Crippen LogP contribution in [-0.4, -0.2) is 79.9 Å². The highest BCUT2D eigenvalue weighted by Gasteiger charge is 2.53. The summed E-state index contributed by atoms with van der Waals surface area (Å²) in [4.78, 5) is 24.8. The normalized spacial score (nSPS) is 22.8. The second kappa shape index (κ2) is 9.61. The van der Waals surface area contributed by atoms with E-state index < -0.39 is 0 Å². The topological polar surface area (TPSA) is 125 Å². The molecular weight excluding hydrogens is 402 g/mol. The molecule has 31 heavy (non-hydrogen) atoms. The molecule has 4 rings (SSSR count). The van der Waals surface area contributed by atoms with Gasteiger partial charge in [0.2, 0.25) is 11.8 Å². The van der Waals surface area contributed by atoms with Crippen LogP contribution >= 0.6 is 0 Å². The molecule has 0 unspecified atom stereocenters. The van der Waals surface area contributed by atoms with Crippen molar-refractivity contribution in [2.75, 3.05) is 32.8 Å². The summed E-state index contributed by atoms with van der Waals surface area (Å²) in [7, 11) is 1.98. The van der Waals surface area contributed by atoms with Crippen molar-refractivity contribution in [3.63, 3.8) is 0 Å². The number of amides is 1. The van der Waals surface area contributed by atoms with Crippen LogP contribution in [0.1, 0.15) is 31.4 Å². The molecule has 0 bridgehead atoms. The summed E-state index contributed by atoms with van der Waals surface area (Å²) < 4.78 is 7.92. The fourth-order valence-electron chi connectivity index (χ4n) is 4.64. The molecule has 2 aliphatic heterocycles. The molecule has 2 fully saturated rings. The maximum absolute atomic E-state index is 12.3. The Bertz CT molecular complexity index is 910. The molecule has 10 nitrogen and oxygen atoms in total. The minimum absolute atomic E-state index is 0.0990. The van der Waals surface area contributed by atoms with Gasteiger partial charge in [-0.15, -0.1) is 10.2 Å². The van der Waals surface area contributed by atoms with Crippen LogP contribution in [0.25, 0.3) is 11.6 Å². The van der Waals surface area contributed by atoms with Gasteiger partial charge in [-0.3, -0.25) is 14.5 Å². The molecule has 2 aromatic rings. The number of aliphatic hydroxyl groups excluding tert-OH is 1. The van der Waals surface area contributed by atoms with E-state index in [9.17, 15) is 9.90 Å². The van der Waals surface area contributed by atoms with Crippen LogP contribution in [-0.2, 0) is 23.2 Å². The number of fused-ring (bicyclic) bond motifs is 1. The van der Waals surface area contributed by atoms with E-state index in [-0.39, 0.29) is 30.3 Å². The summed E-state index contributed by atoms with van der Waals surface area (Å²) >= 11 is 0. The predicted molar refractivity (Wildman–Crippen MR) is 112 cm³/mol. The molecule has 4 heterocycles. The van der Waals surface area contributed by atoms with E-state index in [2.05, 4.69) is 15.1 Å². The Labute approximate surface area is 181 Å². The van der Waals surface area contributed by atoms with Crippen LogP contribution in [0.4, 0.5) is 0 Å². The van der Waals surface area contributed by atoms with Crippen molar-refractivity contribution in [2.45, 2.75) is 33.2 Å². The Morgan fingerprint density at radius 2 is 2.06 bits per heavy atom. The Morgan fingerprint density at radius 3 is 2.65 bits per heavy atom. The van der Waals surface area contributed by atoms with Gasteiger partial charge in [0.1, 0.15) is 5.69 Å². The average molecular weight is 434 g/mol. The third kappa shape index (κ3) is 4.64. The van der Waals surface area contributed by atoms with E-state index in [0.717, 1.165) is 37.4 Å². The lowest BCUT2D eigenvalue weighted by Gasteiger charge is -2.27. The zero-order valence-electron chi connectivity index (χ0n) is 18.3. The number of nitrogens with zero attached hydrogens (tertiary/aromatic N) is 5. The maximum Gasteiger partial charge on any atom is 0.290 e. The summed E-state index contributed by atoms with van der Waals surface area (Å²) in [6, 6.07) is 4.01. The van der Waals surface area contributed by atoms with Crippen molar-refractivity contribution in [2.24, 2.45) is 18.4 Å². The maximum atomic E-state index is 12.3. The van der Waals surface area contributed by atoms with Crippen molar-refractivity contribution in [1.82, 2.24) is 24.6 Å². The molecule has 1 amide bonds. The molecule has 170 valence electrons. The number of carbonyl (C=O) groups excluding carboxylic acids is 1. The molecule has 2 saturated heterocycles. The van der Waals surface area contributed by atoms with Crippen molar-refractivity contribution in [1.29, 1.82) is 0 Å². The van der Waals surface area contributed by atoms with Gasteiger partial charge in [0.25, 0.3) is 12.4 Å². The quantitative estimate of drug-likeness (QED) is 0.650. The fraction of sp³-hybridized carbons (Fsp3) is 0.619. The number of aliphatic hydroxyl groups is 1. The summed E-state index contributed by atoms with van der Waals surface area (Å²) in [6.45, 7) is 7.41. The van der Waals surface area contributed by atoms with Gasteiger partial charge in [0, 0.05) is 50.8 Å². The molecule has 0 spiro atoms. The largest absolute Gasteiger partial charge is 0.483 e. The number of hydrogen-bond acceptors (Lipinski definition) is 7. The summed E-state index contributed by atoms with van der Waals surface area (Å²) in [6.07, 6.45) is 1.44. The third-order valence-corrected chi connectivity index (χ3v) is 6.38. The lowest BCUT2D eigenvalue weighted by Crippen LogP contribution is -2.38. The third-order valence-electron chi connectivity index (χ3n) is 6.38. The number of rotatable bonds is 6. The molecule has 0 aliphatic carbocycles. The zero-order valence-corrected chi connectivity index (χ0v) is 18.3. The number of hydrogen-bond donors (Lipinski definition) is 2. The van der Waals surface area contributed by atoms with E-state index in [0.29, 0.717) is 31.3 Å². The number of aryl methyl sites for hydroxylation is 1. The van der Waals surface area contributed by atoms with Crippen molar-refractivity contribution in [3.8, 4) is 11.6 Å². The lowest BCUT2D eigenvalue weighted by atomic mass is 9.82. The van der Waals surface area contributed by atoms with Gasteiger partial charge in [-0.2, -0.15) is 0 Å². The molecule has 0 aromatic carbocycles. The first-order chi connectivity index (χ1) is 14.9. The predicted octanol–water partition coefficient (Wildman–Crippen LogP) is 1.14. The first kappa shape index (κ1) is 23.0. The summed E-state index contributed by atoms with van der Waals surface area (Å²) in [5, 5.41) is 25.4. The molecule has 2 atom stereocenters. The van der Waals surface area contributed by atoms with Gasteiger partial charge < -0.3 is 24.1 Å². The van der Waals surface area contributed by atoms with Gasteiger partial charge in [-0.1, -0.05) is 6.92 Å². The molecule has 2 N–H and O–H groups in total. The van der Waals surface area contributed by atoms with E-state index in [4.69, 9.17) is 14.3 Å². The van der Waals surface area contributed by atoms with Crippen LogP contribution in [0.5, 0.6) is 0 Å². The molecule has 2 aromatic heterocycles. The lowest BCUT2D eigenvalue weighted by molar-refractivity contribution is -0.131. The number of aromatic nitrogens is 3. The van der Waals surface area contributed by atoms with Gasteiger partial charge in [-0.25, -0.2) is 0 Å². The van der Waals surface area contributed by atoms with E-state index in [1.165, 1.54) is 0 Å². The van der Waals surface area contributed by atoms with Crippen LogP contribution < -0.4 is 0 Å². The first-order valence-electron chi connectivity index (χ1n) is 10.5. The second-order valence-electron chi connectivity index (χ2n) is 8.44. The van der Waals surface area contributed by atoms with Crippen LogP contribution in [0.3, 0.4) is 0 Å². The van der Waals surface area contributed by atoms with Crippen LogP contribution in [0, 0.1) is 18.3 Å². The Morgan fingerprint density at radius 1 is 1.32 bits per heavy atom. The molecule has 0 radical (unpaired) electrons. The summed E-state index contributed by atoms with van der Waals surface area (Å²) in [5.74, 6) is 1.60. The van der Waals surface area contributed by atoms with Gasteiger partial charge >= 0.3 is 0 Å². The highest BCUT2D eigenvalue weighted by molar-refractivity contribution is 5.76. The fourth-order valence-corrected chi connectivity index (χ4v) is 4.64. The van der Waals surface area contributed by atoms with Crippen molar-refractivity contribution >= 4 is 12.4 Å². The minimum atomic E-state index is -0.250.